The fraction of sp³-hybridized carbons (Fsp3) is 0.286. The highest BCUT2D eigenvalue weighted by atomic mass is 15.3. The van der Waals surface area contributed by atoms with Gasteiger partial charge in [0.1, 0.15) is 5.52 Å². The van der Waals surface area contributed by atoms with Gasteiger partial charge in [0.05, 0.1) is 0 Å². The van der Waals surface area contributed by atoms with Crippen molar-refractivity contribution in [3.63, 3.8) is 0 Å². The summed E-state index contributed by atoms with van der Waals surface area (Å²) in [4.78, 5) is 4.08. The minimum atomic E-state index is -0.0152. The van der Waals surface area contributed by atoms with Crippen LogP contribution >= 0.6 is 0 Å². The molecule has 3 N–H and O–H groups in total. The first kappa shape index (κ1) is 7.17. The van der Waals surface area contributed by atoms with Crippen molar-refractivity contribution in [2.45, 2.75) is 13.0 Å². The van der Waals surface area contributed by atoms with Gasteiger partial charge in [0.15, 0.2) is 0 Å². The summed E-state index contributed by atoms with van der Waals surface area (Å²) in [5, 5.41) is 10.2. The van der Waals surface area contributed by atoms with Crippen LogP contribution in [-0.2, 0) is 0 Å². The Labute approximate surface area is 69.0 Å². The second-order valence-corrected chi connectivity index (χ2v) is 2.72. The van der Waals surface area contributed by atoms with Gasteiger partial charge in [0.2, 0.25) is 5.65 Å². The third-order valence-electron chi connectivity index (χ3n) is 1.72. The van der Waals surface area contributed by atoms with Gasteiger partial charge in [-0.3, -0.25) is 0 Å². The maximum atomic E-state index is 5.68. The molecule has 2 rings (SSSR count). The Morgan fingerprint density at radius 1 is 1.50 bits per heavy atom. The molecule has 0 saturated carbocycles. The molecule has 0 unspecified atom stereocenters. The van der Waals surface area contributed by atoms with Crippen LogP contribution in [0.3, 0.4) is 0 Å². The lowest BCUT2D eigenvalue weighted by Gasteiger charge is -2.02. The van der Waals surface area contributed by atoms with E-state index in [4.69, 9.17) is 5.73 Å². The summed E-state index contributed by atoms with van der Waals surface area (Å²) >= 11 is 0. The third kappa shape index (κ3) is 1.04. The molecule has 0 amide bonds. The number of nitrogens with one attached hydrogen (secondary N) is 1. The van der Waals surface area contributed by atoms with Gasteiger partial charge < -0.3 is 5.73 Å². The zero-order chi connectivity index (χ0) is 8.55. The van der Waals surface area contributed by atoms with E-state index >= 15 is 0 Å². The molecule has 0 bridgehead atoms. The van der Waals surface area contributed by atoms with Gasteiger partial charge in [0.25, 0.3) is 0 Å². The first-order chi connectivity index (χ1) is 5.77. The number of hydrogen-bond donors (Lipinski definition) is 2. The predicted octanol–water partition coefficient (Wildman–Crippen LogP) is 0.373. The van der Waals surface area contributed by atoms with Crippen molar-refractivity contribution < 1.29 is 0 Å². The van der Waals surface area contributed by atoms with E-state index in [-0.39, 0.29) is 6.04 Å². The normalized spacial score (nSPS) is 13.5. The molecular weight excluding hydrogens is 154 g/mol. The minimum absolute atomic E-state index is 0.0152. The number of H-pyrrole nitrogens is 1. The maximum absolute atomic E-state index is 5.68. The van der Waals surface area contributed by atoms with Crippen LogP contribution in [0.1, 0.15) is 18.5 Å². The lowest BCUT2D eigenvalue weighted by Crippen LogP contribution is -2.04. The number of hydrogen-bond acceptors (Lipinski definition) is 4. The Balaban J connectivity index is 2.60. The van der Waals surface area contributed by atoms with Crippen molar-refractivity contribution in [1.29, 1.82) is 0 Å². The first-order valence-corrected chi connectivity index (χ1v) is 3.69. The average Bonchev–Trinajstić information content (AvgIpc) is 2.49. The lowest BCUT2D eigenvalue weighted by molar-refractivity contribution is 0.814. The van der Waals surface area contributed by atoms with Crippen molar-refractivity contribution in [1.82, 2.24) is 20.4 Å². The quantitative estimate of drug-likeness (QED) is 0.636. The van der Waals surface area contributed by atoms with Gasteiger partial charge in [0, 0.05) is 12.2 Å². The molecule has 2 aromatic rings. The number of aromatic amines is 1. The Hall–Kier alpha value is -1.49. The highest BCUT2D eigenvalue weighted by Crippen LogP contribution is 2.12. The van der Waals surface area contributed by atoms with Crippen LogP contribution in [0.4, 0.5) is 0 Å². The van der Waals surface area contributed by atoms with E-state index in [1.165, 1.54) is 0 Å². The summed E-state index contributed by atoms with van der Waals surface area (Å²) in [7, 11) is 0. The number of nitrogens with two attached hydrogens (primary N) is 1. The number of aromatic nitrogens is 4. The van der Waals surface area contributed by atoms with E-state index < -0.39 is 0 Å². The van der Waals surface area contributed by atoms with Crippen LogP contribution in [0, 0.1) is 0 Å². The Bertz CT molecular complexity index is 391. The molecule has 12 heavy (non-hydrogen) atoms. The SMILES string of the molecule is C[C@@H](N)c1cnc2n[nH]nc2c1. The highest BCUT2D eigenvalue weighted by molar-refractivity contribution is 5.69. The van der Waals surface area contributed by atoms with Crippen LogP contribution in [0.25, 0.3) is 11.2 Å². The number of nitrogens with zero attached hydrogens (tertiary/aromatic N) is 3. The second-order valence-electron chi connectivity index (χ2n) is 2.72. The standard InChI is InChI=1S/C7H9N5/c1-4(8)5-2-6-7(9-3-5)11-12-10-6/h2-4H,8H2,1H3,(H,9,10,11,12)/t4-/m1/s1. The van der Waals surface area contributed by atoms with Crippen molar-refractivity contribution in [3.05, 3.63) is 17.8 Å². The molecule has 0 aliphatic carbocycles. The molecule has 0 aromatic carbocycles. The number of pyridine rings is 1. The smallest absolute Gasteiger partial charge is 0.201 e. The van der Waals surface area contributed by atoms with E-state index in [1.54, 1.807) is 6.20 Å². The summed E-state index contributed by atoms with van der Waals surface area (Å²) < 4.78 is 0. The Kier molecular flexibility index (Phi) is 1.51. The zero-order valence-electron chi connectivity index (χ0n) is 6.65. The van der Waals surface area contributed by atoms with Crippen LogP contribution < -0.4 is 5.73 Å². The average molecular weight is 163 g/mol. The van der Waals surface area contributed by atoms with Crippen LogP contribution in [0.2, 0.25) is 0 Å². The molecule has 1 atom stereocenters. The second kappa shape index (κ2) is 2.53. The van der Waals surface area contributed by atoms with Crippen molar-refractivity contribution in [2.75, 3.05) is 0 Å². The van der Waals surface area contributed by atoms with E-state index in [2.05, 4.69) is 20.4 Å². The third-order valence-corrected chi connectivity index (χ3v) is 1.72. The van der Waals surface area contributed by atoms with Crippen LogP contribution in [0.5, 0.6) is 0 Å². The van der Waals surface area contributed by atoms with Crippen molar-refractivity contribution in [2.24, 2.45) is 5.73 Å². The summed E-state index contributed by atoms with van der Waals surface area (Å²) in [5.41, 5.74) is 8.02. The first-order valence-electron chi connectivity index (χ1n) is 3.69. The minimum Gasteiger partial charge on any atom is -0.324 e. The fourth-order valence-electron chi connectivity index (χ4n) is 1.01. The molecule has 5 nitrogen and oxygen atoms in total. The van der Waals surface area contributed by atoms with Gasteiger partial charge in [-0.05, 0) is 18.6 Å². The van der Waals surface area contributed by atoms with Gasteiger partial charge in [-0.2, -0.15) is 10.3 Å². The van der Waals surface area contributed by atoms with E-state index in [0.717, 1.165) is 11.1 Å². The van der Waals surface area contributed by atoms with Crippen LogP contribution in [0.15, 0.2) is 12.3 Å². The molecule has 0 aliphatic heterocycles. The Morgan fingerprint density at radius 2 is 2.33 bits per heavy atom. The van der Waals surface area contributed by atoms with Gasteiger partial charge >= 0.3 is 0 Å². The molecule has 62 valence electrons. The van der Waals surface area contributed by atoms with E-state index in [1.807, 2.05) is 13.0 Å². The molecular formula is C7H9N5. The number of fused-ring (bicyclic) bond motifs is 1. The van der Waals surface area contributed by atoms with Crippen molar-refractivity contribution >= 4 is 11.2 Å². The Morgan fingerprint density at radius 3 is 3.08 bits per heavy atom. The van der Waals surface area contributed by atoms with Crippen LogP contribution in [-0.4, -0.2) is 20.4 Å². The molecule has 0 saturated heterocycles. The predicted molar refractivity (Wildman–Crippen MR) is 44.3 cm³/mol. The summed E-state index contributed by atoms with van der Waals surface area (Å²) in [6, 6.07) is 1.87. The van der Waals surface area contributed by atoms with Gasteiger partial charge in [-0.25, -0.2) is 4.98 Å². The number of rotatable bonds is 1. The molecule has 0 spiro atoms. The van der Waals surface area contributed by atoms with Gasteiger partial charge in [-0.15, -0.1) is 5.10 Å². The summed E-state index contributed by atoms with van der Waals surface area (Å²) in [6.45, 7) is 1.91. The van der Waals surface area contributed by atoms with Gasteiger partial charge in [-0.1, -0.05) is 0 Å². The molecule has 5 heteroatoms. The molecule has 0 fully saturated rings. The maximum Gasteiger partial charge on any atom is 0.201 e. The molecule has 0 radical (unpaired) electrons. The van der Waals surface area contributed by atoms with E-state index in [9.17, 15) is 0 Å². The van der Waals surface area contributed by atoms with E-state index in [0.29, 0.717) is 5.65 Å². The zero-order valence-corrected chi connectivity index (χ0v) is 6.65. The highest BCUT2D eigenvalue weighted by Gasteiger charge is 2.03. The molecule has 2 heterocycles. The monoisotopic (exact) mass is 163 g/mol. The largest absolute Gasteiger partial charge is 0.324 e. The summed E-state index contributed by atoms with van der Waals surface area (Å²) in [6.07, 6.45) is 1.72. The van der Waals surface area contributed by atoms with Crippen molar-refractivity contribution in [3.8, 4) is 0 Å². The lowest BCUT2D eigenvalue weighted by atomic mass is 10.1. The fourth-order valence-corrected chi connectivity index (χ4v) is 1.01. The summed E-state index contributed by atoms with van der Waals surface area (Å²) in [5.74, 6) is 0. The topological polar surface area (TPSA) is 80.5 Å². The molecule has 0 aliphatic rings. The molecule has 2 aromatic heterocycles.